The average molecular weight is 384 g/mol. The van der Waals surface area contributed by atoms with Gasteiger partial charge in [0.2, 0.25) is 5.95 Å². The van der Waals surface area contributed by atoms with Crippen molar-refractivity contribution >= 4 is 5.95 Å². The molecule has 0 atom stereocenters. The highest BCUT2D eigenvalue weighted by atomic mass is 16.5. The highest BCUT2D eigenvalue weighted by Gasteiger charge is 2.22. The summed E-state index contributed by atoms with van der Waals surface area (Å²) in [6, 6.07) is 5.87. The molecular weight excluding hydrogens is 356 g/mol. The van der Waals surface area contributed by atoms with Crippen LogP contribution in [-0.2, 0) is 19.4 Å². The summed E-state index contributed by atoms with van der Waals surface area (Å²) in [6.45, 7) is 4.39. The summed E-state index contributed by atoms with van der Waals surface area (Å²) in [7, 11) is 3.36. The number of aromatic amines is 1. The molecule has 1 saturated heterocycles. The molecule has 0 saturated carbocycles. The van der Waals surface area contributed by atoms with E-state index in [9.17, 15) is 4.79 Å². The molecule has 0 bridgehead atoms. The van der Waals surface area contributed by atoms with E-state index in [4.69, 9.17) is 14.5 Å². The Labute approximate surface area is 165 Å². The average Bonchev–Trinajstić information content (AvgIpc) is 3.17. The fourth-order valence-corrected chi connectivity index (χ4v) is 4.12. The molecule has 150 valence electrons. The molecule has 7 nitrogen and oxygen atoms in total. The second-order valence-corrected chi connectivity index (χ2v) is 7.46. The SMILES string of the molecule is COc1ccc(OC)c(CN2CCc3nc(N4CCCC4)[nH]c(=O)c3CC2)c1. The second kappa shape index (κ2) is 8.22. The first-order valence-corrected chi connectivity index (χ1v) is 9.98. The third-order valence-electron chi connectivity index (χ3n) is 5.72. The van der Waals surface area contributed by atoms with Crippen LogP contribution in [0.4, 0.5) is 5.95 Å². The Morgan fingerprint density at radius 1 is 1.07 bits per heavy atom. The highest BCUT2D eigenvalue weighted by Crippen LogP contribution is 2.26. The van der Waals surface area contributed by atoms with Crippen LogP contribution >= 0.6 is 0 Å². The third-order valence-corrected chi connectivity index (χ3v) is 5.72. The van der Waals surface area contributed by atoms with Gasteiger partial charge in [-0.15, -0.1) is 0 Å². The lowest BCUT2D eigenvalue weighted by Gasteiger charge is -2.21. The molecule has 0 spiro atoms. The Hall–Kier alpha value is -2.54. The fraction of sp³-hybridized carbons (Fsp3) is 0.524. The van der Waals surface area contributed by atoms with Crippen molar-refractivity contribution in [2.75, 3.05) is 45.3 Å². The number of nitrogens with zero attached hydrogens (tertiary/aromatic N) is 3. The molecule has 0 aliphatic carbocycles. The number of hydrogen-bond acceptors (Lipinski definition) is 6. The van der Waals surface area contributed by atoms with E-state index < -0.39 is 0 Å². The first-order chi connectivity index (χ1) is 13.7. The van der Waals surface area contributed by atoms with E-state index >= 15 is 0 Å². The van der Waals surface area contributed by atoms with Crippen LogP contribution in [0.25, 0.3) is 0 Å². The highest BCUT2D eigenvalue weighted by molar-refractivity contribution is 5.40. The van der Waals surface area contributed by atoms with E-state index in [2.05, 4.69) is 14.8 Å². The van der Waals surface area contributed by atoms with Crippen LogP contribution < -0.4 is 19.9 Å². The van der Waals surface area contributed by atoms with Crippen molar-refractivity contribution in [3.63, 3.8) is 0 Å². The predicted molar refractivity (Wildman–Crippen MR) is 109 cm³/mol. The van der Waals surface area contributed by atoms with Crippen molar-refractivity contribution < 1.29 is 9.47 Å². The number of fused-ring (bicyclic) bond motifs is 1. The maximum absolute atomic E-state index is 12.7. The van der Waals surface area contributed by atoms with E-state index in [1.807, 2.05) is 18.2 Å². The van der Waals surface area contributed by atoms with Gasteiger partial charge in [-0.05, 0) is 37.5 Å². The summed E-state index contributed by atoms with van der Waals surface area (Å²) in [6.07, 6.45) is 3.82. The van der Waals surface area contributed by atoms with Crippen LogP contribution in [0.2, 0.25) is 0 Å². The Morgan fingerprint density at radius 2 is 1.86 bits per heavy atom. The minimum absolute atomic E-state index is 0.0210. The van der Waals surface area contributed by atoms with Gasteiger partial charge in [0.15, 0.2) is 0 Å². The number of nitrogens with one attached hydrogen (secondary N) is 1. The van der Waals surface area contributed by atoms with Crippen LogP contribution in [0.3, 0.4) is 0 Å². The minimum Gasteiger partial charge on any atom is -0.497 e. The molecule has 3 heterocycles. The van der Waals surface area contributed by atoms with Gasteiger partial charge >= 0.3 is 0 Å². The lowest BCUT2D eigenvalue weighted by molar-refractivity contribution is 0.272. The van der Waals surface area contributed by atoms with Gasteiger partial charge in [-0.3, -0.25) is 14.7 Å². The van der Waals surface area contributed by atoms with Crippen LogP contribution in [-0.4, -0.2) is 55.3 Å². The normalized spacial score (nSPS) is 17.3. The van der Waals surface area contributed by atoms with Crippen LogP contribution in [0.15, 0.2) is 23.0 Å². The Morgan fingerprint density at radius 3 is 2.61 bits per heavy atom. The lowest BCUT2D eigenvalue weighted by Crippen LogP contribution is -2.27. The van der Waals surface area contributed by atoms with Gasteiger partial charge in [-0.25, -0.2) is 4.98 Å². The lowest BCUT2D eigenvalue weighted by atomic mass is 10.1. The maximum Gasteiger partial charge on any atom is 0.255 e. The number of H-pyrrole nitrogens is 1. The van der Waals surface area contributed by atoms with Gasteiger partial charge in [0.25, 0.3) is 5.56 Å². The van der Waals surface area contributed by atoms with Crippen molar-refractivity contribution in [1.82, 2.24) is 14.9 Å². The Bertz CT molecular complexity index is 890. The van der Waals surface area contributed by atoms with E-state index in [1.54, 1.807) is 14.2 Å². The number of anilines is 1. The first kappa shape index (κ1) is 18.8. The summed E-state index contributed by atoms with van der Waals surface area (Å²) in [4.78, 5) is 25.0. The van der Waals surface area contributed by atoms with Crippen LogP contribution in [0, 0.1) is 0 Å². The predicted octanol–water partition coefficient (Wildman–Crippen LogP) is 1.99. The van der Waals surface area contributed by atoms with E-state index in [0.717, 1.165) is 86.3 Å². The van der Waals surface area contributed by atoms with Crippen LogP contribution in [0.5, 0.6) is 11.5 Å². The fourth-order valence-electron chi connectivity index (χ4n) is 4.12. The van der Waals surface area contributed by atoms with Crippen molar-refractivity contribution in [2.24, 2.45) is 0 Å². The zero-order chi connectivity index (χ0) is 19.5. The summed E-state index contributed by atoms with van der Waals surface area (Å²) >= 11 is 0. The van der Waals surface area contributed by atoms with Crippen LogP contribution in [0.1, 0.15) is 29.7 Å². The van der Waals surface area contributed by atoms with E-state index in [-0.39, 0.29) is 5.56 Å². The number of aromatic nitrogens is 2. The number of ether oxygens (including phenoxy) is 2. The first-order valence-electron chi connectivity index (χ1n) is 9.98. The zero-order valence-corrected chi connectivity index (χ0v) is 16.7. The molecule has 2 aromatic rings. The number of benzene rings is 1. The molecule has 1 aromatic carbocycles. The molecule has 1 N–H and O–H groups in total. The monoisotopic (exact) mass is 384 g/mol. The molecule has 7 heteroatoms. The summed E-state index contributed by atoms with van der Waals surface area (Å²) < 4.78 is 10.9. The van der Waals surface area contributed by atoms with Crippen molar-refractivity contribution in [1.29, 1.82) is 0 Å². The van der Waals surface area contributed by atoms with E-state index in [0.29, 0.717) is 6.42 Å². The van der Waals surface area contributed by atoms with Gasteiger partial charge in [0.05, 0.1) is 19.9 Å². The summed E-state index contributed by atoms with van der Waals surface area (Å²) in [5.74, 6) is 2.42. The van der Waals surface area contributed by atoms with Gasteiger partial charge in [0, 0.05) is 50.3 Å². The van der Waals surface area contributed by atoms with Gasteiger partial charge in [-0.1, -0.05) is 0 Å². The smallest absolute Gasteiger partial charge is 0.255 e. The van der Waals surface area contributed by atoms with Gasteiger partial charge < -0.3 is 14.4 Å². The van der Waals surface area contributed by atoms with Gasteiger partial charge in [0.1, 0.15) is 11.5 Å². The molecule has 0 radical (unpaired) electrons. The standard InChI is InChI=1S/C21H28N4O3/c1-27-16-5-6-19(28-2)15(13-16)14-24-11-7-17-18(8-12-24)22-21(23-20(17)26)25-9-3-4-10-25/h5-6,13H,3-4,7-12,14H2,1-2H3,(H,22,23,26). The second-order valence-electron chi connectivity index (χ2n) is 7.46. The summed E-state index contributed by atoms with van der Waals surface area (Å²) in [5.41, 5.74) is 2.90. The van der Waals surface area contributed by atoms with Gasteiger partial charge in [-0.2, -0.15) is 0 Å². The molecule has 2 aliphatic heterocycles. The number of rotatable bonds is 5. The van der Waals surface area contributed by atoms with E-state index in [1.165, 1.54) is 0 Å². The number of methoxy groups -OCH3 is 2. The molecule has 1 aromatic heterocycles. The third kappa shape index (κ3) is 3.85. The quantitative estimate of drug-likeness (QED) is 0.850. The van der Waals surface area contributed by atoms with Crippen molar-refractivity contribution in [2.45, 2.75) is 32.2 Å². The minimum atomic E-state index is 0.0210. The molecule has 0 unspecified atom stereocenters. The summed E-state index contributed by atoms with van der Waals surface area (Å²) in [5, 5.41) is 0. The molecule has 4 rings (SSSR count). The van der Waals surface area contributed by atoms with Crippen molar-refractivity contribution in [3.05, 3.63) is 45.4 Å². The molecule has 0 amide bonds. The molecule has 2 aliphatic rings. The molecule has 1 fully saturated rings. The molecule has 28 heavy (non-hydrogen) atoms. The largest absolute Gasteiger partial charge is 0.497 e. The maximum atomic E-state index is 12.7. The zero-order valence-electron chi connectivity index (χ0n) is 16.7. The van der Waals surface area contributed by atoms with Crippen molar-refractivity contribution in [3.8, 4) is 11.5 Å². The Balaban J connectivity index is 1.52. The Kier molecular flexibility index (Phi) is 5.52. The number of hydrogen-bond donors (Lipinski definition) is 1. The topological polar surface area (TPSA) is 70.7 Å². The molecular formula is C21H28N4O3.